The van der Waals surface area contributed by atoms with Crippen molar-refractivity contribution in [2.45, 2.75) is 52.0 Å². The van der Waals surface area contributed by atoms with Crippen molar-refractivity contribution in [2.75, 3.05) is 5.32 Å². The first-order valence-electron chi connectivity index (χ1n) is 6.78. The van der Waals surface area contributed by atoms with Crippen LogP contribution < -0.4 is 5.32 Å². The quantitative estimate of drug-likeness (QED) is 0.488. The van der Waals surface area contributed by atoms with Gasteiger partial charge in [-0.05, 0) is 75.1 Å². The molecule has 2 rings (SSSR count). The Morgan fingerprint density at radius 1 is 1.05 bits per heavy atom. The van der Waals surface area contributed by atoms with Crippen LogP contribution in [0, 0.1) is 5.41 Å². The fourth-order valence-electron chi connectivity index (χ4n) is 2.69. The van der Waals surface area contributed by atoms with E-state index in [4.69, 9.17) is 0 Å². The zero-order chi connectivity index (χ0) is 14.0. The summed E-state index contributed by atoms with van der Waals surface area (Å²) in [6, 6.07) is 4.76. The Bertz CT molecular complexity index is 434. The molecule has 1 fully saturated rings. The Labute approximate surface area is 141 Å². The third kappa shape index (κ3) is 4.47. The van der Waals surface area contributed by atoms with Crippen LogP contribution in [-0.4, -0.2) is 6.04 Å². The monoisotopic (exact) mass is 451 g/mol. The molecule has 0 heterocycles. The summed E-state index contributed by atoms with van der Waals surface area (Å²) in [5.74, 6) is 0. The highest BCUT2D eigenvalue weighted by Crippen LogP contribution is 2.38. The van der Waals surface area contributed by atoms with Gasteiger partial charge in [-0.2, -0.15) is 0 Å². The zero-order valence-corrected chi connectivity index (χ0v) is 16.2. The summed E-state index contributed by atoms with van der Waals surface area (Å²) in [7, 11) is 0. The molecule has 0 spiro atoms. The van der Waals surface area contributed by atoms with Gasteiger partial charge in [-0.15, -0.1) is 0 Å². The topological polar surface area (TPSA) is 12.0 Å². The number of halogens is 3. The standard InChI is InChI=1S/C15H20Br3N/c1-15(2)6-3-4-11(5-7-15)19-14-12(17)8-10(16)9-13(14)18/h8-9,11,19H,3-7H2,1-2H3. The first-order valence-corrected chi connectivity index (χ1v) is 9.16. The Balaban J connectivity index is 2.09. The van der Waals surface area contributed by atoms with E-state index in [0.717, 1.165) is 13.4 Å². The molecule has 1 unspecified atom stereocenters. The molecule has 0 saturated heterocycles. The van der Waals surface area contributed by atoms with Crippen molar-refractivity contribution in [3.05, 3.63) is 25.6 Å². The number of rotatable bonds is 2. The maximum absolute atomic E-state index is 3.71. The smallest absolute Gasteiger partial charge is 0.0631 e. The van der Waals surface area contributed by atoms with Gasteiger partial charge in [0.1, 0.15) is 0 Å². The maximum Gasteiger partial charge on any atom is 0.0631 e. The van der Waals surface area contributed by atoms with Crippen LogP contribution in [-0.2, 0) is 0 Å². The van der Waals surface area contributed by atoms with Crippen molar-refractivity contribution in [2.24, 2.45) is 5.41 Å². The van der Waals surface area contributed by atoms with Crippen LogP contribution in [0.25, 0.3) is 0 Å². The number of nitrogens with one attached hydrogen (secondary N) is 1. The van der Waals surface area contributed by atoms with Crippen molar-refractivity contribution in [3.63, 3.8) is 0 Å². The highest BCUT2D eigenvalue weighted by molar-refractivity contribution is 9.11. The fourth-order valence-corrected chi connectivity index (χ4v) is 5.18. The minimum absolute atomic E-state index is 0.505. The van der Waals surface area contributed by atoms with E-state index >= 15 is 0 Å². The fraction of sp³-hybridized carbons (Fsp3) is 0.600. The molecule has 19 heavy (non-hydrogen) atoms. The van der Waals surface area contributed by atoms with E-state index in [2.05, 4.69) is 79.1 Å². The molecule has 0 amide bonds. The molecule has 1 N–H and O–H groups in total. The van der Waals surface area contributed by atoms with Crippen molar-refractivity contribution in [3.8, 4) is 0 Å². The molecule has 1 saturated carbocycles. The molecule has 0 radical (unpaired) electrons. The molecule has 0 aliphatic heterocycles. The van der Waals surface area contributed by atoms with E-state index in [9.17, 15) is 0 Å². The van der Waals surface area contributed by atoms with Crippen LogP contribution in [0.4, 0.5) is 5.69 Å². The van der Waals surface area contributed by atoms with Gasteiger partial charge in [0.2, 0.25) is 0 Å². The minimum Gasteiger partial charge on any atom is -0.380 e. The summed E-state index contributed by atoms with van der Waals surface area (Å²) in [5, 5.41) is 3.71. The van der Waals surface area contributed by atoms with Crippen molar-refractivity contribution >= 4 is 53.5 Å². The lowest BCUT2D eigenvalue weighted by molar-refractivity contribution is 0.313. The lowest BCUT2D eigenvalue weighted by atomic mass is 9.85. The van der Waals surface area contributed by atoms with E-state index in [1.54, 1.807) is 0 Å². The average Bonchev–Trinajstić information content (AvgIpc) is 2.45. The zero-order valence-electron chi connectivity index (χ0n) is 11.4. The molecular weight excluding hydrogens is 434 g/mol. The van der Waals surface area contributed by atoms with Crippen molar-refractivity contribution in [1.29, 1.82) is 0 Å². The molecule has 0 aromatic heterocycles. The summed E-state index contributed by atoms with van der Waals surface area (Å²) in [5.41, 5.74) is 1.68. The molecule has 1 aromatic rings. The van der Waals surface area contributed by atoms with Crippen LogP contribution in [0.1, 0.15) is 46.0 Å². The molecule has 1 aliphatic rings. The molecule has 1 aliphatic carbocycles. The summed E-state index contributed by atoms with van der Waals surface area (Å²) in [4.78, 5) is 0. The normalized spacial score (nSPS) is 22.9. The summed E-state index contributed by atoms with van der Waals surface area (Å²) < 4.78 is 3.30. The molecule has 1 nitrogen and oxygen atoms in total. The SMILES string of the molecule is CC1(C)CCCC(Nc2c(Br)cc(Br)cc2Br)CC1. The Morgan fingerprint density at radius 3 is 2.32 bits per heavy atom. The van der Waals surface area contributed by atoms with Gasteiger partial charge in [0, 0.05) is 19.5 Å². The first kappa shape index (κ1) is 15.8. The summed E-state index contributed by atoms with van der Waals surface area (Å²) >= 11 is 10.8. The third-order valence-electron chi connectivity index (χ3n) is 3.93. The molecule has 4 heteroatoms. The molecule has 0 bridgehead atoms. The second kappa shape index (κ2) is 6.48. The molecule has 106 valence electrons. The van der Waals surface area contributed by atoms with Crippen LogP contribution in [0.5, 0.6) is 0 Å². The van der Waals surface area contributed by atoms with Crippen molar-refractivity contribution < 1.29 is 0 Å². The van der Waals surface area contributed by atoms with Gasteiger partial charge in [0.05, 0.1) is 5.69 Å². The highest BCUT2D eigenvalue weighted by Gasteiger charge is 2.24. The lowest BCUT2D eigenvalue weighted by Gasteiger charge is -2.23. The van der Waals surface area contributed by atoms with Crippen LogP contribution in [0.3, 0.4) is 0 Å². The predicted molar refractivity (Wildman–Crippen MR) is 93.8 cm³/mol. The van der Waals surface area contributed by atoms with Crippen LogP contribution in [0.15, 0.2) is 25.6 Å². The summed E-state index contributed by atoms with van der Waals surface area (Å²) in [6.45, 7) is 4.78. The second-order valence-electron chi connectivity index (χ2n) is 6.18. The van der Waals surface area contributed by atoms with E-state index in [0.29, 0.717) is 11.5 Å². The Morgan fingerprint density at radius 2 is 1.68 bits per heavy atom. The number of anilines is 1. The molecular formula is C15H20Br3N. The lowest BCUT2D eigenvalue weighted by Crippen LogP contribution is -2.19. The van der Waals surface area contributed by atoms with Gasteiger partial charge in [0.25, 0.3) is 0 Å². The average molecular weight is 454 g/mol. The van der Waals surface area contributed by atoms with E-state index in [1.807, 2.05) is 0 Å². The van der Waals surface area contributed by atoms with E-state index in [-0.39, 0.29) is 0 Å². The van der Waals surface area contributed by atoms with Gasteiger partial charge in [-0.25, -0.2) is 0 Å². The molecule has 1 aromatic carbocycles. The number of benzene rings is 1. The predicted octanol–water partition coefficient (Wildman–Crippen LogP) is 6.74. The first-order chi connectivity index (χ1) is 8.87. The van der Waals surface area contributed by atoms with Crippen LogP contribution in [0.2, 0.25) is 0 Å². The van der Waals surface area contributed by atoms with Crippen molar-refractivity contribution in [1.82, 2.24) is 0 Å². The van der Waals surface area contributed by atoms with E-state index < -0.39 is 0 Å². The highest BCUT2D eigenvalue weighted by atomic mass is 79.9. The van der Waals surface area contributed by atoms with E-state index in [1.165, 1.54) is 37.8 Å². The maximum atomic E-state index is 3.71. The van der Waals surface area contributed by atoms with Gasteiger partial charge >= 0.3 is 0 Å². The Kier molecular flexibility index (Phi) is 5.41. The van der Waals surface area contributed by atoms with Gasteiger partial charge in [-0.1, -0.05) is 36.2 Å². The minimum atomic E-state index is 0.505. The summed E-state index contributed by atoms with van der Waals surface area (Å²) in [6.07, 6.45) is 6.47. The van der Waals surface area contributed by atoms with Gasteiger partial charge in [-0.3, -0.25) is 0 Å². The number of hydrogen-bond acceptors (Lipinski definition) is 1. The second-order valence-corrected chi connectivity index (χ2v) is 8.81. The largest absolute Gasteiger partial charge is 0.380 e. The number of hydrogen-bond donors (Lipinski definition) is 1. The van der Waals surface area contributed by atoms with Crippen LogP contribution >= 0.6 is 47.8 Å². The third-order valence-corrected chi connectivity index (χ3v) is 5.64. The van der Waals surface area contributed by atoms with Gasteiger partial charge < -0.3 is 5.32 Å². The molecule has 1 atom stereocenters. The Hall–Kier alpha value is 0.460. The van der Waals surface area contributed by atoms with Gasteiger partial charge in [0.15, 0.2) is 0 Å².